The van der Waals surface area contributed by atoms with Gasteiger partial charge in [-0.2, -0.15) is 4.99 Å². The molecule has 0 bridgehead atoms. The first-order valence-electron chi connectivity index (χ1n) is 7.63. The standard InChI is InChI=1S/C18H18N2O3S2/c1-11-9-14-15(10-12(11)2)24-18(20(14)3)19-17(21)13-7-5-6-8-16(13)25(4,22)23/h5-10H,1-4H3. The van der Waals surface area contributed by atoms with Gasteiger partial charge in [-0.15, -0.1) is 0 Å². The van der Waals surface area contributed by atoms with E-state index in [-0.39, 0.29) is 10.5 Å². The number of hydrogen-bond donors (Lipinski definition) is 0. The lowest BCUT2D eigenvalue weighted by molar-refractivity contribution is 0.0995. The van der Waals surface area contributed by atoms with Gasteiger partial charge in [-0.05, 0) is 49.2 Å². The molecule has 0 fully saturated rings. The molecular weight excluding hydrogens is 356 g/mol. The highest BCUT2D eigenvalue weighted by molar-refractivity contribution is 7.90. The summed E-state index contributed by atoms with van der Waals surface area (Å²) in [4.78, 5) is 17.3. The molecule has 0 unspecified atom stereocenters. The van der Waals surface area contributed by atoms with Gasteiger partial charge in [0.25, 0.3) is 5.91 Å². The molecule has 0 spiro atoms. The first kappa shape index (κ1) is 17.6. The number of thiazole rings is 1. The van der Waals surface area contributed by atoms with E-state index < -0.39 is 15.7 Å². The van der Waals surface area contributed by atoms with Crippen molar-refractivity contribution in [3.05, 3.63) is 57.9 Å². The Labute approximate surface area is 150 Å². The molecule has 1 amide bonds. The summed E-state index contributed by atoms with van der Waals surface area (Å²) in [5.41, 5.74) is 3.43. The van der Waals surface area contributed by atoms with Crippen LogP contribution >= 0.6 is 11.3 Å². The predicted octanol–water partition coefficient (Wildman–Crippen LogP) is 3.00. The second kappa shape index (κ2) is 6.24. The van der Waals surface area contributed by atoms with Crippen molar-refractivity contribution in [3.8, 4) is 0 Å². The summed E-state index contributed by atoms with van der Waals surface area (Å²) in [7, 11) is -1.65. The van der Waals surface area contributed by atoms with Crippen molar-refractivity contribution in [2.24, 2.45) is 12.0 Å². The maximum Gasteiger partial charge on any atom is 0.280 e. The summed E-state index contributed by atoms with van der Waals surface area (Å²) in [6.45, 7) is 4.08. The van der Waals surface area contributed by atoms with Gasteiger partial charge in [-0.1, -0.05) is 23.5 Å². The van der Waals surface area contributed by atoms with E-state index in [2.05, 4.69) is 17.1 Å². The van der Waals surface area contributed by atoms with Crippen LogP contribution < -0.4 is 4.80 Å². The summed E-state index contributed by atoms with van der Waals surface area (Å²) in [5, 5.41) is 0. The average molecular weight is 374 g/mol. The van der Waals surface area contributed by atoms with Gasteiger partial charge in [0, 0.05) is 13.3 Å². The topological polar surface area (TPSA) is 68.5 Å². The number of rotatable bonds is 2. The van der Waals surface area contributed by atoms with Gasteiger partial charge in [-0.3, -0.25) is 4.79 Å². The van der Waals surface area contributed by atoms with Crippen LogP contribution in [0.15, 0.2) is 46.3 Å². The van der Waals surface area contributed by atoms with Crippen molar-refractivity contribution in [2.45, 2.75) is 18.7 Å². The van der Waals surface area contributed by atoms with Crippen LogP contribution in [0.25, 0.3) is 10.2 Å². The minimum atomic E-state index is -3.50. The molecule has 0 aliphatic heterocycles. The molecule has 0 saturated heterocycles. The number of amides is 1. The van der Waals surface area contributed by atoms with Crippen LogP contribution in [0.1, 0.15) is 21.5 Å². The Morgan fingerprint density at radius 3 is 2.44 bits per heavy atom. The van der Waals surface area contributed by atoms with Crippen LogP contribution in [0, 0.1) is 13.8 Å². The molecule has 0 atom stereocenters. The molecule has 1 heterocycles. The van der Waals surface area contributed by atoms with Crippen molar-refractivity contribution >= 4 is 37.3 Å². The number of carbonyl (C=O) groups is 1. The Kier molecular flexibility index (Phi) is 4.38. The Hall–Kier alpha value is -2.25. The minimum Gasteiger partial charge on any atom is -0.319 e. The van der Waals surface area contributed by atoms with E-state index in [1.807, 2.05) is 25.5 Å². The third kappa shape index (κ3) is 3.29. The zero-order valence-electron chi connectivity index (χ0n) is 14.4. The number of aromatic nitrogens is 1. The maximum absolute atomic E-state index is 12.6. The van der Waals surface area contributed by atoms with E-state index in [9.17, 15) is 13.2 Å². The second-order valence-electron chi connectivity index (χ2n) is 6.03. The first-order valence-corrected chi connectivity index (χ1v) is 10.3. The fourth-order valence-corrected chi connectivity index (χ4v) is 4.58. The summed E-state index contributed by atoms with van der Waals surface area (Å²) in [6.07, 6.45) is 1.09. The fraction of sp³-hybridized carbons (Fsp3) is 0.222. The van der Waals surface area contributed by atoms with E-state index in [1.54, 1.807) is 12.1 Å². The lowest BCUT2D eigenvalue weighted by Crippen LogP contribution is -2.15. The van der Waals surface area contributed by atoms with Gasteiger partial charge < -0.3 is 4.57 Å². The lowest BCUT2D eigenvalue weighted by Gasteiger charge is -2.03. The SMILES string of the molecule is Cc1cc2sc(=NC(=O)c3ccccc3S(C)(=O)=O)n(C)c2cc1C. The highest BCUT2D eigenvalue weighted by atomic mass is 32.2. The number of fused-ring (bicyclic) bond motifs is 1. The molecule has 5 nitrogen and oxygen atoms in total. The van der Waals surface area contributed by atoms with Crippen LogP contribution in [-0.2, 0) is 16.9 Å². The summed E-state index contributed by atoms with van der Waals surface area (Å²) >= 11 is 1.41. The molecule has 0 radical (unpaired) electrons. The number of aryl methyl sites for hydroxylation is 3. The summed E-state index contributed by atoms with van der Waals surface area (Å²) in [6, 6.07) is 10.3. The third-order valence-electron chi connectivity index (χ3n) is 4.14. The summed E-state index contributed by atoms with van der Waals surface area (Å²) in [5.74, 6) is -0.559. The molecule has 130 valence electrons. The molecule has 7 heteroatoms. The van der Waals surface area contributed by atoms with Gasteiger partial charge in [0.2, 0.25) is 0 Å². The van der Waals surface area contributed by atoms with Crippen molar-refractivity contribution in [1.82, 2.24) is 4.57 Å². The second-order valence-corrected chi connectivity index (χ2v) is 9.03. The smallest absolute Gasteiger partial charge is 0.280 e. The Balaban J connectivity index is 2.18. The first-order chi connectivity index (χ1) is 11.7. The zero-order chi connectivity index (χ0) is 18.4. The normalized spacial score (nSPS) is 12.7. The molecule has 0 aliphatic carbocycles. The Morgan fingerprint density at radius 1 is 1.12 bits per heavy atom. The molecule has 25 heavy (non-hydrogen) atoms. The van der Waals surface area contributed by atoms with Crippen LogP contribution in [0.5, 0.6) is 0 Å². The quantitative estimate of drug-likeness (QED) is 0.692. The zero-order valence-corrected chi connectivity index (χ0v) is 16.0. The van der Waals surface area contributed by atoms with E-state index >= 15 is 0 Å². The molecule has 1 aromatic heterocycles. The Bertz CT molecular complexity index is 1170. The van der Waals surface area contributed by atoms with Crippen LogP contribution in [0.4, 0.5) is 0 Å². The molecule has 3 rings (SSSR count). The number of sulfone groups is 1. The maximum atomic E-state index is 12.6. The van der Waals surface area contributed by atoms with E-state index in [0.29, 0.717) is 4.80 Å². The number of benzene rings is 2. The Morgan fingerprint density at radius 2 is 1.76 bits per heavy atom. The van der Waals surface area contributed by atoms with Crippen molar-refractivity contribution < 1.29 is 13.2 Å². The van der Waals surface area contributed by atoms with Crippen LogP contribution in [0.2, 0.25) is 0 Å². The predicted molar refractivity (Wildman–Crippen MR) is 99.7 cm³/mol. The van der Waals surface area contributed by atoms with E-state index in [4.69, 9.17) is 0 Å². The lowest BCUT2D eigenvalue weighted by atomic mass is 10.1. The van der Waals surface area contributed by atoms with Gasteiger partial charge in [0.05, 0.1) is 20.7 Å². The number of nitrogens with zero attached hydrogens (tertiary/aromatic N) is 2. The van der Waals surface area contributed by atoms with E-state index in [0.717, 1.165) is 16.5 Å². The van der Waals surface area contributed by atoms with Gasteiger partial charge in [0.15, 0.2) is 14.6 Å². The fourth-order valence-electron chi connectivity index (χ4n) is 2.60. The summed E-state index contributed by atoms with van der Waals surface area (Å²) < 4.78 is 26.7. The number of hydrogen-bond acceptors (Lipinski definition) is 4. The molecule has 0 N–H and O–H groups in total. The average Bonchev–Trinajstić information content (AvgIpc) is 2.83. The van der Waals surface area contributed by atoms with E-state index in [1.165, 1.54) is 34.6 Å². The van der Waals surface area contributed by atoms with Crippen molar-refractivity contribution in [1.29, 1.82) is 0 Å². The highest BCUT2D eigenvalue weighted by Gasteiger charge is 2.18. The monoisotopic (exact) mass is 374 g/mol. The van der Waals surface area contributed by atoms with Crippen LogP contribution in [-0.4, -0.2) is 25.1 Å². The molecule has 0 saturated carbocycles. The molecule has 3 aromatic rings. The molecule has 2 aromatic carbocycles. The third-order valence-corrected chi connectivity index (χ3v) is 6.39. The highest BCUT2D eigenvalue weighted by Crippen LogP contribution is 2.21. The number of carbonyl (C=O) groups excluding carboxylic acids is 1. The van der Waals surface area contributed by atoms with Crippen LogP contribution in [0.3, 0.4) is 0 Å². The van der Waals surface area contributed by atoms with Crippen molar-refractivity contribution in [2.75, 3.05) is 6.26 Å². The largest absolute Gasteiger partial charge is 0.319 e. The van der Waals surface area contributed by atoms with Gasteiger partial charge in [-0.25, -0.2) is 8.42 Å². The van der Waals surface area contributed by atoms with Gasteiger partial charge >= 0.3 is 0 Å². The minimum absolute atomic E-state index is 0.000738. The van der Waals surface area contributed by atoms with Gasteiger partial charge in [0.1, 0.15) is 0 Å². The molecule has 0 aliphatic rings. The van der Waals surface area contributed by atoms with Crippen molar-refractivity contribution in [3.63, 3.8) is 0 Å². The molecular formula is C18H18N2O3S2.